The normalized spacial score (nSPS) is 10.2. The molecule has 2 aromatic rings. The van der Waals surface area contributed by atoms with Crippen molar-refractivity contribution in [3.8, 4) is 11.4 Å². The van der Waals surface area contributed by atoms with E-state index in [-0.39, 0.29) is 11.4 Å². The van der Waals surface area contributed by atoms with E-state index in [1.54, 1.807) is 6.92 Å². The van der Waals surface area contributed by atoms with Crippen LogP contribution in [0.5, 0.6) is 0 Å². The second kappa shape index (κ2) is 4.82. The fourth-order valence-electron chi connectivity index (χ4n) is 1.33. The molecule has 2 rings (SSSR count). The third kappa shape index (κ3) is 2.29. The summed E-state index contributed by atoms with van der Waals surface area (Å²) in [6, 6.07) is 3.88. The van der Waals surface area contributed by atoms with E-state index in [0.717, 1.165) is 6.07 Å². The van der Waals surface area contributed by atoms with Gasteiger partial charge in [0.2, 0.25) is 5.82 Å². The van der Waals surface area contributed by atoms with Crippen LogP contribution in [0.2, 0.25) is 0 Å². The van der Waals surface area contributed by atoms with Gasteiger partial charge >= 0.3 is 5.97 Å². The second-order valence-electron chi connectivity index (χ2n) is 3.46. The van der Waals surface area contributed by atoms with Crippen molar-refractivity contribution in [3.05, 3.63) is 35.4 Å². The number of rotatable bonds is 2. The number of carbonyl (C=O) groups is 1. The minimum Gasteiger partial charge on any atom is -0.465 e. The van der Waals surface area contributed by atoms with Gasteiger partial charge in [-0.1, -0.05) is 0 Å². The highest BCUT2D eigenvalue weighted by Crippen LogP contribution is 2.18. The van der Waals surface area contributed by atoms with Crippen molar-refractivity contribution < 1.29 is 13.9 Å². The molecule has 0 saturated heterocycles. The molecular weight excluding hydrogens is 239 g/mol. The summed E-state index contributed by atoms with van der Waals surface area (Å²) in [4.78, 5) is 11.3. The lowest BCUT2D eigenvalue weighted by atomic mass is 10.1. The summed E-state index contributed by atoms with van der Waals surface area (Å²) in [5.41, 5.74) is 0.260. The molecule has 0 fully saturated rings. The Hall–Kier alpha value is -2.44. The Balaban J connectivity index is 2.46. The summed E-state index contributed by atoms with van der Waals surface area (Å²) in [5, 5.41) is 15.1. The van der Waals surface area contributed by atoms with E-state index in [4.69, 9.17) is 0 Å². The van der Waals surface area contributed by atoms with E-state index >= 15 is 0 Å². The average molecular weight is 248 g/mol. The maximum Gasteiger partial charge on any atom is 0.340 e. The average Bonchev–Trinajstić information content (AvgIpc) is 2.39. The topological polar surface area (TPSA) is 77.9 Å². The van der Waals surface area contributed by atoms with Crippen molar-refractivity contribution in [1.82, 2.24) is 20.4 Å². The van der Waals surface area contributed by atoms with Gasteiger partial charge in [-0.05, 0) is 25.1 Å². The molecule has 1 aromatic carbocycles. The largest absolute Gasteiger partial charge is 0.465 e. The Bertz CT molecular complexity index is 586. The number of carbonyl (C=O) groups excluding carboxylic acids is 1. The highest BCUT2D eigenvalue weighted by molar-refractivity contribution is 5.90. The number of halogens is 1. The first-order valence-electron chi connectivity index (χ1n) is 5.04. The molecular formula is C11H9FN4O2. The first kappa shape index (κ1) is 12.0. The van der Waals surface area contributed by atoms with Crippen LogP contribution in [0.25, 0.3) is 11.4 Å². The van der Waals surface area contributed by atoms with Gasteiger partial charge < -0.3 is 4.74 Å². The predicted octanol–water partition coefficient (Wildman–Crippen LogP) is 1.17. The first-order chi connectivity index (χ1) is 8.61. The molecule has 0 aliphatic heterocycles. The smallest absolute Gasteiger partial charge is 0.340 e. The van der Waals surface area contributed by atoms with Gasteiger partial charge in [0, 0.05) is 5.56 Å². The maximum atomic E-state index is 13.4. The van der Waals surface area contributed by atoms with Crippen LogP contribution in [0.3, 0.4) is 0 Å². The molecule has 0 N–H and O–H groups in total. The SMILES string of the molecule is COC(=O)c1cc(-c2nnc(C)nn2)ccc1F. The monoisotopic (exact) mass is 248 g/mol. The number of benzene rings is 1. The first-order valence-corrected chi connectivity index (χ1v) is 5.04. The molecule has 1 heterocycles. The standard InChI is InChI=1S/C11H9FN4O2/c1-6-13-15-10(16-14-6)7-3-4-9(12)8(5-7)11(17)18-2/h3-5H,1-2H3. The predicted molar refractivity (Wildman–Crippen MR) is 59.1 cm³/mol. The Morgan fingerprint density at radius 3 is 2.50 bits per heavy atom. The van der Waals surface area contributed by atoms with E-state index in [9.17, 15) is 9.18 Å². The van der Waals surface area contributed by atoms with Crippen molar-refractivity contribution in [1.29, 1.82) is 0 Å². The summed E-state index contributed by atoms with van der Waals surface area (Å²) >= 11 is 0. The van der Waals surface area contributed by atoms with Crippen LogP contribution in [-0.4, -0.2) is 33.5 Å². The number of nitrogens with zero attached hydrogens (tertiary/aromatic N) is 4. The summed E-state index contributed by atoms with van der Waals surface area (Å²) in [6.07, 6.45) is 0. The zero-order valence-electron chi connectivity index (χ0n) is 9.72. The fourth-order valence-corrected chi connectivity index (χ4v) is 1.33. The molecule has 0 unspecified atom stereocenters. The Labute approximate surface area is 102 Å². The lowest BCUT2D eigenvalue weighted by Crippen LogP contribution is -2.05. The Morgan fingerprint density at radius 1 is 1.22 bits per heavy atom. The van der Waals surface area contributed by atoms with E-state index in [1.807, 2.05) is 0 Å². The molecule has 18 heavy (non-hydrogen) atoms. The molecule has 0 atom stereocenters. The highest BCUT2D eigenvalue weighted by atomic mass is 19.1. The molecule has 0 aliphatic rings. The molecule has 7 heteroatoms. The summed E-state index contributed by atoms with van der Waals surface area (Å²) < 4.78 is 17.9. The minimum atomic E-state index is -0.762. The number of hydrogen-bond donors (Lipinski definition) is 0. The number of aromatic nitrogens is 4. The molecule has 0 radical (unpaired) electrons. The van der Waals surface area contributed by atoms with E-state index in [1.165, 1.54) is 19.2 Å². The van der Waals surface area contributed by atoms with Crippen molar-refractivity contribution in [3.63, 3.8) is 0 Å². The van der Waals surface area contributed by atoms with E-state index in [2.05, 4.69) is 25.1 Å². The second-order valence-corrected chi connectivity index (χ2v) is 3.46. The molecule has 0 aliphatic carbocycles. The lowest BCUT2D eigenvalue weighted by molar-refractivity contribution is 0.0595. The molecule has 6 nitrogen and oxygen atoms in total. The Morgan fingerprint density at radius 2 is 1.89 bits per heavy atom. The Kier molecular flexibility index (Phi) is 3.22. The third-order valence-electron chi connectivity index (χ3n) is 2.21. The molecule has 92 valence electrons. The van der Waals surface area contributed by atoms with Crippen LogP contribution < -0.4 is 0 Å². The van der Waals surface area contributed by atoms with Crippen molar-refractivity contribution >= 4 is 5.97 Å². The van der Waals surface area contributed by atoms with Gasteiger partial charge in [0.05, 0.1) is 12.7 Å². The number of methoxy groups -OCH3 is 1. The molecule has 0 saturated carbocycles. The van der Waals surface area contributed by atoms with Crippen LogP contribution in [0, 0.1) is 12.7 Å². The van der Waals surface area contributed by atoms with Gasteiger partial charge in [0.15, 0.2) is 5.82 Å². The number of esters is 1. The van der Waals surface area contributed by atoms with Crippen molar-refractivity contribution in [2.45, 2.75) is 6.92 Å². The zero-order chi connectivity index (χ0) is 13.1. The third-order valence-corrected chi connectivity index (χ3v) is 2.21. The van der Waals surface area contributed by atoms with Crippen LogP contribution in [0.1, 0.15) is 16.2 Å². The van der Waals surface area contributed by atoms with E-state index < -0.39 is 11.8 Å². The molecule has 0 amide bonds. The van der Waals surface area contributed by atoms with Gasteiger partial charge in [-0.2, -0.15) is 0 Å². The van der Waals surface area contributed by atoms with Crippen LogP contribution in [0.4, 0.5) is 4.39 Å². The van der Waals surface area contributed by atoms with E-state index in [0.29, 0.717) is 11.4 Å². The van der Waals surface area contributed by atoms with Gasteiger partial charge in [0.1, 0.15) is 5.82 Å². The summed E-state index contributed by atoms with van der Waals surface area (Å²) in [5.74, 6) is -0.791. The summed E-state index contributed by atoms with van der Waals surface area (Å²) in [6.45, 7) is 1.65. The number of aryl methyl sites for hydroxylation is 1. The van der Waals surface area contributed by atoms with Crippen LogP contribution in [0.15, 0.2) is 18.2 Å². The van der Waals surface area contributed by atoms with Gasteiger partial charge in [-0.15, -0.1) is 20.4 Å². The number of ether oxygens (including phenoxy) is 1. The van der Waals surface area contributed by atoms with Gasteiger partial charge in [-0.25, -0.2) is 9.18 Å². The maximum absolute atomic E-state index is 13.4. The van der Waals surface area contributed by atoms with Crippen LogP contribution >= 0.6 is 0 Å². The van der Waals surface area contributed by atoms with Gasteiger partial charge in [-0.3, -0.25) is 0 Å². The van der Waals surface area contributed by atoms with Gasteiger partial charge in [0.25, 0.3) is 0 Å². The highest BCUT2D eigenvalue weighted by Gasteiger charge is 2.14. The quantitative estimate of drug-likeness (QED) is 0.742. The molecule has 0 bridgehead atoms. The van der Waals surface area contributed by atoms with Crippen LogP contribution in [-0.2, 0) is 4.74 Å². The number of hydrogen-bond acceptors (Lipinski definition) is 6. The van der Waals surface area contributed by atoms with Crippen molar-refractivity contribution in [2.75, 3.05) is 7.11 Å². The van der Waals surface area contributed by atoms with Crippen molar-refractivity contribution in [2.24, 2.45) is 0 Å². The molecule has 0 spiro atoms. The molecule has 1 aromatic heterocycles. The fraction of sp³-hybridized carbons (Fsp3) is 0.182. The lowest BCUT2D eigenvalue weighted by Gasteiger charge is -2.03. The zero-order valence-corrected chi connectivity index (χ0v) is 9.72. The minimum absolute atomic E-state index is 0.181. The summed E-state index contributed by atoms with van der Waals surface area (Å²) in [7, 11) is 1.18.